The summed E-state index contributed by atoms with van der Waals surface area (Å²) in [5, 5.41) is 9.84. The fraction of sp³-hybridized carbons (Fsp3) is 0.167. The third-order valence-corrected chi connectivity index (χ3v) is 4.21. The molecule has 0 bridgehead atoms. The molecule has 7 nitrogen and oxygen atoms in total. The number of amides is 1. The van der Waals surface area contributed by atoms with Crippen LogP contribution >= 0.6 is 0 Å². The summed E-state index contributed by atoms with van der Waals surface area (Å²) in [5.74, 6) is -4.02. The molecule has 1 heterocycles. The van der Waals surface area contributed by atoms with Crippen molar-refractivity contribution < 1.29 is 32.6 Å². The second kappa shape index (κ2) is 6.55. The van der Waals surface area contributed by atoms with E-state index in [0.29, 0.717) is 0 Å². The number of nitrogens with two attached hydrogens (primary N) is 1. The Hall–Kier alpha value is -3.56. The lowest BCUT2D eigenvalue weighted by atomic mass is 9.82. The first-order valence-electron chi connectivity index (χ1n) is 7.89. The number of esters is 1. The molecule has 2 aromatic rings. The number of aliphatic imine (C=N–C) groups is 1. The number of ether oxygens (including phenoxy) is 1. The van der Waals surface area contributed by atoms with Crippen LogP contribution in [0, 0.1) is 0 Å². The predicted molar refractivity (Wildman–Crippen MR) is 91.4 cm³/mol. The van der Waals surface area contributed by atoms with Crippen LogP contribution in [0.3, 0.4) is 0 Å². The van der Waals surface area contributed by atoms with Gasteiger partial charge < -0.3 is 15.6 Å². The molecule has 0 saturated heterocycles. The molecule has 1 aliphatic heterocycles. The Bertz CT molecular complexity index is 990. The summed E-state index contributed by atoms with van der Waals surface area (Å²) in [7, 11) is 1.34. The first-order chi connectivity index (χ1) is 13.1. The van der Waals surface area contributed by atoms with Gasteiger partial charge in [-0.3, -0.25) is 9.69 Å². The molecule has 0 saturated carbocycles. The fourth-order valence-electron chi connectivity index (χ4n) is 2.90. The first-order valence-corrected chi connectivity index (χ1v) is 7.89. The van der Waals surface area contributed by atoms with Crippen LogP contribution in [0.15, 0.2) is 53.5 Å². The summed E-state index contributed by atoms with van der Waals surface area (Å²) in [6, 6.07) is 10.7. The van der Waals surface area contributed by atoms with E-state index in [1.54, 1.807) is 0 Å². The number of para-hydroxylation sites is 1. The molecular formula is C18H14F3N3O4. The minimum Gasteiger partial charge on any atom is -0.508 e. The van der Waals surface area contributed by atoms with E-state index < -0.39 is 29.3 Å². The van der Waals surface area contributed by atoms with Crippen LogP contribution in [0.5, 0.6) is 11.5 Å². The van der Waals surface area contributed by atoms with Gasteiger partial charge in [0, 0.05) is 12.6 Å². The minimum atomic E-state index is -5.23. The highest BCUT2D eigenvalue weighted by molar-refractivity contribution is 6.09. The number of hydrogen-bond donors (Lipinski definition) is 2. The third-order valence-electron chi connectivity index (χ3n) is 4.21. The Balaban J connectivity index is 2.25. The highest BCUT2D eigenvalue weighted by Crippen LogP contribution is 2.44. The summed E-state index contributed by atoms with van der Waals surface area (Å²) in [6.45, 7) is 0. The van der Waals surface area contributed by atoms with Gasteiger partial charge in [-0.15, -0.1) is 0 Å². The molecule has 10 heteroatoms. The number of carbonyl (C=O) groups is 2. The van der Waals surface area contributed by atoms with Crippen molar-refractivity contribution >= 4 is 17.8 Å². The zero-order valence-corrected chi connectivity index (χ0v) is 14.4. The monoisotopic (exact) mass is 393 g/mol. The molecule has 28 heavy (non-hydrogen) atoms. The summed E-state index contributed by atoms with van der Waals surface area (Å²) in [5.41, 5.74) is 3.86. The maximum Gasteiger partial charge on any atom is 0.491 e. The molecule has 3 N–H and O–H groups in total. The van der Waals surface area contributed by atoms with E-state index in [4.69, 9.17) is 5.73 Å². The van der Waals surface area contributed by atoms with Crippen molar-refractivity contribution in [2.75, 3.05) is 7.05 Å². The van der Waals surface area contributed by atoms with E-state index in [2.05, 4.69) is 9.73 Å². The van der Waals surface area contributed by atoms with Gasteiger partial charge in [0.2, 0.25) is 0 Å². The van der Waals surface area contributed by atoms with Crippen LogP contribution in [0.1, 0.15) is 11.1 Å². The molecule has 2 aromatic carbocycles. The number of carbonyl (C=O) groups excluding carboxylic acids is 2. The van der Waals surface area contributed by atoms with Crippen molar-refractivity contribution in [1.29, 1.82) is 0 Å². The lowest BCUT2D eigenvalue weighted by Gasteiger charge is -2.27. The van der Waals surface area contributed by atoms with Crippen molar-refractivity contribution in [3.05, 3.63) is 59.7 Å². The van der Waals surface area contributed by atoms with Gasteiger partial charge in [0.05, 0.1) is 0 Å². The van der Waals surface area contributed by atoms with Crippen LogP contribution in [0.4, 0.5) is 13.2 Å². The standard InChI is InChI=1S/C18H14F3N3O4/c1-24-14(26)17(23-16(24)22,10-5-4-6-11(25)9-10)12-7-2-3-8-13(12)28-15(27)18(19,20)21/h2-9,25H,1H3,(H2,22,23). The van der Waals surface area contributed by atoms with Crippen molar-refractivity contribution in [3.8, 4) is 11.5 Å². The molecule has 0 fully saturated rings. The fourth-order valence-corrected chi connectivity index (χ4v) is 2.90. The van der Waals surface area contributed by atoms with Gasteiger partial charge in [0.15, 0.2) is 11.5 Å². The Morgan fingerprint density at radius 3 is 2.46 bits per heavy atom. The summed E-state index contributed by atoms with van der Waals surface area (Å²) in [4.78, 5) is 29.6. The van der Waals surface area contributed by atoms with Crippen molar-refractivity contribution in [2.45, 2.75) is 11.7 Å². The summed E-state index contributed by atoms with van der Waals surface area (Å²) < 4.78 is 42.6. The number of benzene rings is 2. The topological polar surface area (TPSA) is 105 Å². The van der Waals surface area contributed by atoms with Gasteiger partial charge in [0.1, 0.15) is 11.5 Å². The average Bonchev–Trinajstić information content (AvgIpc) is 2.86. The van der Waals surface area contributed by atoms with Crippen LogP contribution < -0.4 is 10.5 Å². The molecule has 0 aromatic heterocycles. The number of hydrogen-bond acceptors (Lipinski definition) is 6. The van der Waals surface area contributed by atoms with E-state index >= 15 is 0 Å². The largest absolute Gasteiger partial charge is 0.508 e. The normalized spacial score (nSPS) is 19.5. The van der Waals surface area contributed by atoms with Gasteiger partial charge in [0.25, 0.3) is 5.91 Å². The maximum absolute atomic E-state index is 13.1. The molecule has 0 aliphatic carbocycles. The van der Waals surface area contributed by atoms with Crippen LogP contribution in [0.25, 0.3) is 0 Å². The molecule has 1 aliphatic rings. The minimum absolute atomic E-state index is 0.129. The SMILES string of the molecule is CN1C(=O)C(c2cccc(O)c2)(c2ccccc2OC(=O)C(F)(F)F)N=C1N. The van der Waals surface area contributed by atoms with E-state index in [1.165, 1.54) is 49.5 Å². The van der Waals surface area contributed by atoms with Crippen LogP contribution in [-0.4, -0.2) is 41.1 Å². The average molecular weight is 393 g/mol. The number of phenolic OH excluding ortho intramolecular Hbond substituents is 1. The lowest BCUT2D eigenvalue weighted by Crippen LogP contribution is -2.41. The quantitative estimate of drug-likeness (QED) is 0.612. The van der Waals surface area contributed by atoms with Gasteiger partial charge in [-0.1, -0.05) is 30.3 Å². The number of guanidine groups is 1. The maximum atomic E-state index is 13.1. The highest BCUT2D eigenvalue weighted by Gasteiger charge is 2.52. The third kappa shape index (κ3) is 3.02. The van der Waals surface area contributed by atoms with Gasteiger partial charge in [-0.25, -0.2) is 9.79 Å². The molecule has 1 unspecified atom stereocenters. The molecule has 1 amide bonds. The molecule has 0 radical (unpaired) electrons. The Labute approximate surface area is 156 Å². The van der Waals surface area contributed by atoms with Gasteiger partial charge in [-0.2, -0.15) is 13.2 Å². The number of nitrogens with zero attached hydrogens (tertiary/aromatic N) is 2. The molecule has 146 valence electrons. The Morgan fingerprint density at radius 1 is 1.21 bits per heavy atom. The number of halogens is 3. The Morgan fingerprint density at radius 2 is 1.89 bits per heavy atom. The summed E-state index contributed by atoms with van der Waals surface area (Å²) in [6.07, 6.45) is -5.23. The van der Waals surface area contributed by atoms with Crippen LogP contribution in [-0.2, 0) is 15.1 Å². The predicted octanol–water partition coefficient (Wildman–Crippen LogP) is 1.89. The zero-order valence-electron chi connectivity index (χ0n) is 14.4. The molecule has 0 spiro atoms. The van der Waals surface area contributed by atoms with E-state index in [9.17, 15) is 27.9 Å². The van der Waals surface area contributed by atoms with Gasteiger partial charge >= 0.3 is 12.1 Å². The Kier molecular flexibility index (Phi) is 4.50. The summed E-state index contributed by atoms with van der Waals surface area (Å²) >= 11 is 0. The number of rotatable bonds is 3. The smallest absolute Gasteiger partial charge is 0.491 e. The second-order valence-electron chi connectivity index (χ2n) is 5.98. The number of phenols is 1. The second-order valence-corrected chi connectivity index (χ2v) is 5.98. The van der Waals surface area contributed by atoms with Crippen LogP contribution in [0.2, 0.25) is 0 Å². The molecule has 1 atom stereocenters. The number of likely N-dealkylation sites (N-methyl/N-ethyl adjacent to an activating group) is 1. The van der Waals surface area contributed by atoms with Crippen molar-refractivity contribution in [3.63, 3.8) is 0 Å². The molecule has 3 rings (SSSR count). The van der Waals surface area contributed by atoms with Crippen molar-refractivity contribution in [1.82, 2.24) is 4.90 Å². The highest BCUT2D eigenvalue weighted by atomic mass is 19.4. The first kappa shape index (κ1) is 19.2. The lowest BCUT2D eigenvalue weighted by molar-refractivity contribution is -0.189. The number of alkyl halides is 3. The van der Waals surface area contributed by atoms with E-state index in [-0.39, 0.29) is 22.8 Å². The number of aromatic hydroxyl groups is 1. The zero-order chi connectivity index (χ0) is 20.7. The van der Waals surface area contributed by atoms with Gasteiger partial charge in [-0.05, 0) is 23.8 Å². The van der Waals surface area contributed by atoms with E-state index in [1.807, 2.05) is 0 Å². The molecular weight excluding hydrogens is 379 g/mol. The van der Waals surface area contributed by atoms with Crippen molar-refractivity contribution in [2.24, 2.45) is 10.7 Å². The van der Waals surface area contributed by atoms with E-state index in [0.717, 1.165) is 11.0 Å².